The van der Waals surface area contributed by atoms with Gasteiger partial charge in [0, 0.05) is 42.3 Å². The number of aryl methyl sites for hydroxylation is 2. The third-order valence-electron chi connectivity index (χ3n) is 4.63. The molecule has 0 atom stereocenters. The van der Waals surface area contributed by atoms with E-state index in [1.54, 1.807) is 0 Å². The highest BCUT2D eigenvalue weighted by atomic mass is 15.2. The molecule has 0 fully saturated rings. The number of benzene rings is 1. The minimum absolute atomic E-state index is 0.120. The fraction of sp³-hybridized carbons (Fsp3) is 0.368. The Labute approximate surface area is 143 Å². The summed E-state index contributed by atoms with van der Waals surface area (Å²) in [4.78, 5) is 4.36. The first-order valence-electron chi connectivity index (χ1n) is 8.21. The number of hydrogen-bond donors (Lipinski definition) is 1. The molecule has 5 nitrogen and oxygen atoms in total. The molecule has 24 heavy (non-hydrogen) atoms. The van der Waals surface area contributed by atoms with Crippen LogP contribution in [0.15, 0.2) is 43.0 Å². The lowest BCUT2D eigenvalue weighted by molar-refractivity contribution is 0.401. The van der Waals surface area contributed by atoms with E-state index in [0.717, 1.165) is 17.9 Å². The second-order valence-electron chi connectivity index (χ2n) is 6.83. The van der Waals surface area contributed by atoms with E-state index in [1.807, 2.05) is 31.2 Å². The molecule has 2 heterocycles. The van der Waals surface area contributed by atoms with Crippen LogP contribution in [0.2, 0.25) is 0 Å². The van der Waals surface area contributed by atoms with E-state index in [2.05, 4.69) is 71.2 Å². The van der Waals surface area contributed by atoms with Gasteiger partial charge in [0.2, 0.25) is 0 Å². The van der Waals surface area contributed by atoms with Crippen molar-refractivity contribution in [1.82, 2.24) is 24.6 Å². The number of hydrogen-bond acceptors (Lipinski definition) is 3. The van der Waals surface area contributed by atoms with Crippen LogP contribution in [-0.4, -0.2) is 19.3 Å². The zero-order chi connectivity index (χ0) is 17.3. The summed E-state index contributed by atoms with van der Waals surface area (Å²) >= 11 is 0. The summed E-state index contributed by atoms with van der Waals surface area (Å²) < 4.78 is 3.95. The van der Waals surface area contributed by atoms with E-state index in [-0.39, 0.29) is 5.54 Å². The SMILES string of the molecule is Cc1ncn(-c2ccc(CNC(C)(C)c3cnn(C)c3)cc2)c1C. The van der Waals surface area contributed by atoms with E-state index in [9.17, 15) is 0 Å². The number of nitrogens with zero attached hydrogens (tertiary/aromatic N) is 4. The highest BCUT2D eigenvalue weighted by molar-refractivity contribution is 5.37. The van der Waals surface area contributed by atoms with Crippen molar-refractivity contribution < 1.29 is 0 Å². The van der Waals surface area contributed by atoms with Crippen molar-refractivity contribution in [1.29, 1.82) is 0 Å². The minimum Gasteiger partial charge on any atom is -0.304 e. The molecule has 0 amide bonds. The van der Waals surface area contributed by atoms with Gasteiger partial charge in [-0.1, -0.05) is 12.1 Å². The molecular weight excluding hydrogens is 298 g/mol. The standard InChI is InChI=1S/C19H25N5/c1-14-15(2)24(13-20-14)18-8-6-16(7-9-18)10-21-19(3,4)17-11-22-23(5)12-17/h6-9,11-13,21H,10H2,1-5H3. The van der Waals surface area contributed by atoms with E-state index in [0.29, 0.717) is 0 Å². The van der Waals surface area contributed by atoms with Crippen LogP contribution in [-0.2, 0) is 19.1 Å². The van der Waals surface area contributed by atoms with Crippen molar-refractivity contribution in [3.8, 4) is 5.69 Å². The van der Waals surface area contributed by atoms with Gasteiger partial charge >= 0.3 is 0 Å². The van der Waals surface area contributed by atoms with Gasteiger partial charge in [0.1, 0.15) is 0 Å². The summed E-state index contributed by atoms with van der Waals surface area (Å²) in [5.74, 6) is 0. The number of nitrogens with one attached hydrogen (secondary N) is 1. The lowest BCUT2D eigenvalue weighted by Crippen LogP contribution is -2.35. The van der Waals surface area contributed by atoms with Crippen molar-refractivity contribution in [2.24, 2.45) is 7.05 Å². The van der Waals surface area contributed by atoms with Crippen LogP contribution >= 0.6 is 0 Å². The van der Waals surface area contributed by atoms with Gasteiger partial charge in [-0.05, 0) is 45.4 Å². The van der Waals surface area contributed by atoms with Crippen LogP contribution in [0.5, 0.6) is 0 Å². The van der Waals surface area contributed by atoms with E-state index in [1.165, 1.54) is 16.8 Å². The monoisotopic (exact) mass is 323 g/mol. The number of rotatable bonds is 5. The van der Waals surface area contributed by atoms with Crippen molar-refractivity contribution in [3.05, 3.63) is 65.5 Å². The smallest absolute Gasteiger partial charge is 0.0997 e. The summed E-state index contributed by atoms with van der Waals surface area (Å²) in [5, 5.41) is 7.87. The van der Waals surface area contributed by atoms with Gasteiger partial charge in [-0.2, -0.15) is 5.10 Å². The predicted octanol–water partition coefficient (Wildman–Crippen LogP) is 3.25. The Morgan fingerprint density at radius 3 is 2.38 bits per heavy atom. The molecule has 0 aliphatic heterocycles. The summed E-state index contributed by atoms with van der Waals surface area (Å²) in [7, 11) is 1.94. The lowest BCUT2D eigenvalue weighted by atomic mass is 9.97. The number of imidazole rings is 1. The summed E-state index contributed by atoms with van der Waals surface area (Å²) in [6.07, 6.45) is 5.85. The molecule has 3 rings (SSSR count). The highest BCUT2D eigenvalue weighted by Crippen LogP contribution is 2.20. The van der Waals surface area contributed by atoms with Crippen LogP contribution in [0.1, 0.15) is 36.4 Å². The maximum absolute atomic E-state index is 4.36. The quantitative estimate of drug-likeness (QED) is 0.784. The molecule has 0 aliphatic carbocycles. The maximum Gasteiger partial charge on any atom is 0.0997 e. The first-order valence-corrected chi connectivity index (χ1v) is 8.21. The first kappa shape index (κ1) is 16.5. The molecule has 1 aromatic carbocycles. The number of aromatic nitrogens is 4. The molecule has 0 saturated heterocycles. The summed E-state index contributed by atoms with van der Waals surface area (Å²) in [5.41, 5.74) is 5.71. The summed E-state index contributed by atoms with van der Waals surface area (Å²) in [6, 6.07) is 8.61. The van der Waals surface area contributed by atoms with E-state index >= 15 is 0 Å². The van der Waals surface area contributed by atoms with E-state index < -0.39 is 0 Å². The van der Waals surface area contributed by atoms with Crippen molar-refractivity contribution in [2.75, 3.05) is 0 Å². The zero-order valence-corrected chi connectivity index (χ0v) is 15.0. The third-order valence-corrected chi connectivity index (χ3v) is 4.63. The van der Waals surface area contributed by atoms with Crippen LogP contribution < -0.4 is 5.32 Å². The Kier molecular flexibility index (Phi) is 4.28. The second-order valence-corrected chi connectivity index (χ2v) is 6.83. The lowest BCUT2D eigenvalue weighted by Gasteiger charge is -2.25. The third kappa shape index (κ3) is 3.26. The average molecular weight is 323 g/mol. The first-order chi connectivity index (χ1) is 11.4. The fourth-order valence-electron chi connectivity index (χ4n) is 2.70. The van der Waals surface area contributed by atoms with Crippen molar-refractivity contribution in [2.45, 2.75) is 39.8 Å². The van der Waals surface area contributed by atoms with Crippen LogP contribution in [0, 0.1) is 13.8 Å². The maximum atomic E-state index is 4.36. The van der Waals surface area contributed by atoms with Crippen molar-refractivity contribution in [3.63, 3.8) is 0 Å². The normalized spacial score (nSPS) is 11.9. The topological polar surface area (TPSA) is 47.7 Å². The van der Waals surface area contributed by atoms with Crippen LogP contribution in [0.25, 0.3) is 5.69 Å². The molecular formula is C19H25N5. The molecule has 3 aromatic rings. The molecule has 0 bridgehead atoms. The summed E-state index contributed by atoms with van der Waals surface area (Å²) in [6.45, 7) is 9.29. The molecule has 0 saturated carbocycles. The Bertz CT molecular complexity index is 824. The molecule has 0 unspecified atom stereocenters. The van der Waals surface area contributed by atoms with E-state index in [4.69, 9.17) is 0 Å². The Morgan fingerprint density at radius 1 is 1.12 bits per heavy atom. The average Bonchev–Trinajstić information content (AvgIpc) is 3.14. The van der Waals surface area contributed by atoms with Gasteiger partial charge in [0.05, 0.1) is 18.2 Å². The molecule has 0 aliphatic rings. The Hall–Kier alpha value is -2.40. The highest BCUT2D eigenvalue weighted by Gasteiger charge is 2.21. The molecule has 2 aromatic heterocycles. The Morgan fingerprint density at radius 2 is 1.83 bits per heavy atom. The molecule has 0 spiro atoms. The van der Waals surface area contributed by atoms with Crippen LogP contribution in [0.4, 0.5) is 0 Å². The molecule has 0 radical (unpaired) electrons. The minimum atomic E-state index is -0.120. The van der Waals surface area contributed by atoms with Crippen molar-refractivity contribution >= 4 is 0 Å². The van der Waals surface area contributed by atoms with Gasteiger partial charge < -0.3 is 9.88 Å². The fourth-order valence-corrected chi connectivity index (χ4v) is 2.70. The molecule has 1 N–H and O–H groups in total. The zero-order valence-electron chi connectivity index (χ0n) is 15.0. The van der Waals surface area contributed by atoms with Gasteiger partial charge in [0.25, 0.3) is 0 Å². The van der Waals surface area contributed by atoms with Gasteiger partial charge in [0.15, 0.2) is 0 Å². The second kappa shape index (κ2) is 6.24. The van der Waals surface area contributed by atoms with Gasteiger partial charge in [-0.15, -0.1) is 0 Å². The molecule has 5 heteroatoms. The molecule has 126 valence electrons. The van der Waals surface area contributed by atoms with Crippen LogP contribution in [0.3, 0.4) is 0 Å². The predicted molar refractivity (Wildman–Crippen MR) is 96.1 cm³/mol. The van der Waals surface area contributed by atoms with Gasteiger partial charge in [-0.3, -0.25) is 4.68 Å². The Balaban J connectivity index is 1.69. The largest absolute Gasteiger partial charge is 0.304 e. The van der Waals surface area contributed by atoms with Gasteiger partial charge in [-0.25, -0.2) is 4.98 Å².